The molecule has 0 saturated heterocycles. The summed E-state index contributed by atoms with van der Waals surface area (Å²) in [5.74, 6) is 0.634. The van der Waals surface area contributed by atoms with Crippen LogP contribution < -0.4 is 15.4 Å². The molecule has 0 bridgehead atoms. The van der Waals surface area contributed by atoms with Crippen molar-refractivity contribution >= 4 is 40.0 Å². The highest BCUT2D eigenvalue weighted by molar-refractivity contribution is 14.0. The van der Waals surface area contributed by atoms with Crippen LogP contribution >= 0.6 is 24.0 Å². The Morgan fingerprint density at radius 3 is 2.35 bits per heavy atom. The highest BCUT2D eigenvalue weighted by Gasteiger charge is 2.22. The van der Waals surface area contributed by atoms with Gasteiger partial charge in [0.15, 0.2) is 5.96 Å². The molecular weight excluding hydrogens is 467 g/mol. The van der Waals surface area contributed by atoms with E-state index in [1.165, 1.54) is 5.56 Å². The van der Waals surface area contributed by atoms with Crippen molar-refractivity contribution < 1.29 is 8.42 Å². The van der Waals surface area contributed by atoms with Crippen LogP contribution in [0.3, 0.4) is 0 Å². The minimum Gasteiger partial charge on any atom is -0.355 e. The summed E-state index contributed by atoms with van der Waals surface area (Å²) in [5, 5.41) is 11.0. The van der Waals surface area contributed by atoms with Crippen LogP contribution in [0.2, 0.25) is 0 Å². The van der Waals surface area contributed by atoms with E-state index in [-0.39, 0.29) is 30.0 Å². The van der Waals surface area contributed by atoms with E-state index in [0.717, 1.165) is 24.1 Å². The van der Waals surface area contributed by atoms with Gasteiger partial charge in [-0.15, -0.1) is 24.0 Å². The summed E-state index contributed by atoms with van der Waals surface area (Å²) in [5.41, 5.74) is 2.81. The molecule has 0 aliphatic carbocycles. The largest absolute Gasteiger partial charge is 0.355 e. The number of guanidine groups is 1. The first-order valence-electron chi connectivity index (χ1n) is 8.30. The highest BCUT2D eigenvalue weighted by atomic mass is 127. The Labute approximate surface area is 174 Å². The van der Waals surface area contributed by atoms with E-state index in [2.05, 4.69) is 39.3 Å². The third-order valence-electron chi connectivity index (χ3n) is 3.94. The standard InChI is InChI=1S/C16H32N6O2S.HI/c1-11(9-14-12(2)20-22(7)13(14)3)19-15(17-6)18-10-16(4,5)21-25(8,23)24;/h11,21H,9-10H2,1-8H3,(H2,17,18,19);1H. The summed E-state index contributed by atoms with van der Waals surface area (Å²) in [4.78, 5) is 4.22. The van der Waals surface area contributed by atoms with Crippen molar-refractivity contribution in [1.29, 1.82) is 0 Å². The van der Waals surface area contributed by atoms with Crippen LogP contribution in [0.5, 0.6) is 0 Å². The van der Waals surface area contributed by atoms with Crippen LogP contribution in [-0.2, 0) is 23.5 Å². The van der Waals surface area contributed by atoms with E-state index >= 15 is 0 Å². The van der Waals surface area contributed by atoms with E-state index in [0.29, 0.717) is 12.5 Å². The fourth-order valence-corrected chi connectivity index (χ4v) is 3.82. The molecule has 0 spiro atoms. The lowest BCUT2D eigenvalue weighted by Gasteiger charge is -2.27. The first-order valence-corrected chi connectivity index (χ1v) is 10.2. The van der Waals surface area contributed by atoms with Gasteiger partial charge < -0.3 is 10.6 Å². The van der Waals surface area contributed by atoms with E-state index in [1.807, 2.05) is 32.5 Å². The van der Waals surface area contributed by atoms with Crippen LogP contribution in [-0.4, -0.2) is 55.6 Å². The summed E-state index contributed by atoms with van der Waals surface area (Å²) in [7, 11) is 0.373. The first-order chi connectivity index (χ1) is 11.3. The number of aromatic nitrogens is 2. The Hall–Kier alpha value is -0.880. The van der Waals surface area contributed by atoms with Gasteiger partial charge in [-0.05, 0) is 46.6 Å². The van der Waals surface area contributed by atoms with Crippen molar-refractivity contribution in [3.8, 4) is 0 Å². The Bertz CT molecular complexity index is 727. The van der Waals surface area contributed by atoms with E-state index in [9.17, 15) is 8.42 Å². The second-order valence-electron chi connectivity index (χ2n) is 7.21. The molecule has 0 aromatic carbocycles. The zero-order valence-electron chi connectivity index (χ0n) is 17.0. The molecular formula is C16H33IN6O2S. The van der Waals surface area contributed by atoms with Gasteiger partial charge in [0, 0.05) is 37.9 Å². The maximum atomic E-state index is 11.4. The lowest BCUT2D eigenvalue weighted by molar-refractivity contribution is 0.445. The number of hydrogen-bond acceptors (Lipinski definition) is 4. The van der Waals surface area contributed by atoms with Crippen LogP contribution in [0, 0.1) is 13.8 Å². The third-order valence-corrected chi connectivity index (χ3v) is 4.86. The van der Waals surface area contributed by atoms with Crippen molar-refractivity contribution in [3.05, 3.63) is 17.0 Å². The topological polar surface area (TPSA) is 100 Å². The molecule has 0 saturated carbocycles. The van der Waals surface area contributed by atoms with Gasteiger partial charge in [0.2, 0.25) is 10.0 Å². The summed E-state index contributed by atoms with van der Waals surface area (Å²) >= 11 is 0. The molecule has 0 amide bonds. The van der Waals surface area contributed by atoms with Crippen molar-refractivity contribution in [2.45, 2.75) is 52.6 Å². The van der Waals surface area contributed by atoms with Crippen molar-refractivity contribution in [1.82, 2.24) is 25.1 Å². The number of halogens is 1. The summed E-state index contributed by atoms with van der Waals surface area (Å²) in [6.45, 7) is 10.2. The Kier molecular flexibility index (Phi) is 9.55. The normalized spacial score (nSPS) is 13.9. The summed E-state index contributed by atoms with van der Waals surface area (Å²) in [6.07, 6.45) is 1.99. The fourth-order valence-electron chi connectivity index (χ4n) is 2.74. The van der Waals surface area contributed by atoms with Gasteiger partial charge in [-0.1, -0.05) is 0 Å². The molecule has 0 aliphatic heterocycles. The van der Waals surface area contributed by atoms with Crippen molar-refractivity contribution in [2.75, 3.05) is 19.8 Å². The molecule has 0 fully saturated rings. The third kappa shape index (κ3) is 8.21. The van der Waals surface area contributed by atoms with Gasteiger partial charge in [0.1, 0.15) is 0 Å². The number of aryl methyl sites for hydroxylation is 2. The molecule has 0 aliphatic rings. The smallest absolute Gasteiger partial charge is 0.209 e. The maximum absolute atomic E-state index is 11.4. The minimum atomic E-state index is -3.27. The fraction of sp³-hybridized carbons (Fsp3) is 0.750. The zero-order valence-corrected chi connectivity index (χ0v) is 20.1. The number of rotatable bonds is 7. The maximum Gasteiger partial charge on any atom is 0.209 e. The minimum absolute atomic E-state index is 0. The molecule has 152 valence electrons. The molecule has 1 atom stereocenters. The van der Waals surface area contributed by atoms with Crippen molar-refractivity contribution in [2.24, 2.45) is 12.0 Å². The molecule has 0 radical (unpaired) electrons. The lowest BCUT2D eigenvalue weighted by atomic mass is 10.1. The van der Waals surface area contributed by atoms with E-state index < -0.39 is 15.6 Å². The number of hydrogen-bond donors (Lipinski definition) is 3. The number of nitrogens with zero attached hydrogens (tertiary/aromatic N) is 3. The molecule has 1 heterocycles. The first kappa shape index (κ1) is 25.1. The predicted molar refractivity (Wildman–Crippen MR) is 118 cm³/mol. The van der Waals surface area contributed by atoms with E-state index in [1.54, 1.807) is 7.05 Å². The monoisotopic (exact) mass is 500 g/mol. The average Bonchev–Trinajstić information content (AvgIpc) is 2.67. The molecule has 10 heteroatoms. The molecule has 1 unspecified atom stereocenters. The van der Waals surface area contributed by atoms with Gasteiger partial charge in [0.25, 0.3) is 0 Å². The lowest BCUT2D eigenvalue weighted by Crippen LogP contribution is -2.54. The van der Waals surface area contributed by atoms with Crippen LogP contribution in [0.1, 0.15) is 37.7 Å². The van der Waals surface area contributed by atoms with E-state index in [4.69, 9.17) is 0 Å². The van der Waals surface area contributed by atoms with Gasteiger partial charge >= 0.3 is 0 Å². The quantitative estimate of drug-likeness (QED) is 0.296. The predicted octanol–water partition coefficient (Wildman–Crippen LogP) is 1.08. The SMILES string of the molecule is CN=C(NCC(C)(C)NS(C)(=O)=O)NC(C)Cc1c(C)nn(C)c1C.I. The number of sulfonamides is 1. The van der Waals surface area contributed by atoms with Crippen LogP contribution in [0.15, 0.2) is 4.99 Å². The Balaban J connectivity index is 0.00000625. The summed E-state index contributed by atoms with van der Waals surface area (Å²) in [6, 6.07) is 0.152. The van der Waals surface area contributed by atoms with Gasteiger partial charge in [-0.25, -0.2) is 13.1 Å². The number of nitrogens with one attached hydrogen (secondary N) is 3. The Morgan fingerprint density at radius 2 is 1.92 bits per heavy atom. The van der Waals surface area contributed by atoms with Gasteiger partial charge in [-0.2, -0.15) is 5.10 Å². The second kappa shape index (κ2) is 9.88. The van der Waals surface area contributed by atoms with Crippen molar-refractivity contribution in [3.63, 3.8) is 0 Å². The molecule has 8 nitrogen and oxygen atoms in total. The molecule has 3 N–H and O–H groups in total. The Morgan fingerprint density at radius 1 is 1.35 bits per heavy atom. The average molecular weight is 500 g/mol. The summed E-state index contributed by atoms with van der Waals surface area (Å²) < 4.78 is 27.3. The van der Waals surface area contributed by atoms with Gasteiger partial charge in [0.05, 0.1) is 11.9 Å². The van der Waals surface area contributed by atoms with Gasteiger partial charge in [-0.3, -0.25) is 9.67 Å². The zero-order chi connectivity index (χ0) is 19.4. The molecule has 26 heavy (non-hydrogen) atoms. The molecule has 1 aromatic heterocycles. The van der Waals surface area contributed by atoms with Crippen LogP contribution in [0.4, 0.5) is 0 Å². The molecule has 1 aromatic rings. The second-order valence-corrected chi connectivity index (χ2v) is 8.95. The highest BCUT2D eigenvalue weighted by Crippen LogP contribution is 2.14. The molecule has 1 rings (SSSR count). The van der Waals surface area contributed by atoms with Crippen LogP contribution in [0.25, 0.3) is 0 Å². The number of aliphatic imine (C=N–C) groups is 1.